The average molecular weight is 709 g/mol. The summed E-state index contributed by atoms with van der Waals surface area (Å²) >= 11 is 0. The summed E-state index contributed by atoms with van der Waals surface area (Å²) in [6, 6.07) is 0. The fraction of sp³-hybridized carbons (Fsp3) is 0.860. The van der Waals surface area contributed by atoms with Gasteiger partial charge in [-0.3, -0.25) is 19.2 Å². The van der Waals surface area contributed by atoms with Crippen LogP contribution >= 0.6 is 0 Å². The van der Waals surface area contributed by atoms with Gasteiger partial charge in [0.15, 0.2) is 5.78 Å². The highest BCUT2D eigenvalue weighted by Gasteiger charge is 2.70. The molecule has 1 aliphatic heterocycles. The molecule has 2 N–H and O–H groups in total. The lowest BCUT2D eigenvalue weighted by Crippen LogP contribution is -2.65. The fourth-order valence-corrected chi connectivity index (χ4v) is 13.5. The summed E-state index contributed by atoms with van der Waals surface area (Å²) < 4.78 is 6.17. The van der Waals surface area contributed by atoms with Crippen LogP contribution in [0.3, 0.4) is 0 Å². The van der Waals surface area contributed by atoms with Crippen LogP contribution in [-0.2, 0) is 23.9 Å². The van der Waals surface area contributed by atoms with E-state index in [1.165, 1.54) is 12.0 Å². The van der Waals surface area contributed by atoms with Gasteiger partial charge in [0.1, 0.15) is 6.10 Å². The Morgan fingerprint density at radius 2 is 1.63 bits per heavy atom. The van der Waals surface area contributed by atoms with E-state index in [1.54, 1.807) is 20.8 Å². The van der Waals surface area contributed by atoms with Crippen LogP contribution in [-0.4, -0.2) is 65.9 Å². The molecule has 0 bridgehead atoms. The molecule has 1 heterocycles. The average Bonchev–Trinajstić information content (AvgIpc) is 3.29. The topological polar surface area (TPSA) is 113 Å². The van der Waals surface area contributed by atoms with Crippen molar-refractivity contribution in [2.75, 3.05) is 26.2 Å². The first-order valence-corrected chi connectivity index (χ1v) is 20.3. The Hall–Kier alpha value is -2.22. The Labute approximate surface area is 307 Å². The molecule has 0 radical (unpaired) electrons. The van der Waals surface area contributed by atoms with E-state index in [2.05, 4.69) is 53.8 Å². The number of fused-ring (bicyclic) bond motifs is 7. The number of ether oxygens (including phenoxy) is 1. The number of carboxylic acid groups (broad SMARTS) is 1. The number of esters is 1. The molecular weight excluding hydrogens is 640 g/mol. The van der Waals surface area contributed by atoms with Crippen LogP contribution in [0.4, 0.5) is 0 Å². The molecule has 51 heavy (non-hydrogen) atoms. The van der Waals surface area contributed by atoms with Crippen molar-refractivity contribution in [2.24, 2.45) is 62.1 Å². The first-order chi connectivity index (χ1) is 23.6. The number of carbonyl (C=O) groups is 4. The van der Waals surface area contributed by atoms with Gasteiger partial charge in [0, 0.05) is 49.7 Å². The lowest BCUT2D eigenvalue weighted by molar-refractivity contribution is -0.233. The second-order valence-electron chi connectivity index (χ2n) is 20.4. The largest absolute Gasteiger partial charge is 0.481 e. The summed E-state index contributed by atoms with van der Waals surface area (Å²) in [4.78, 5) is 52.3. The Kier molecular flexibility index (Phi) is 9.79. The van der Waals surface area contributed by atoms with Gasteiger partial charge in [0.25, 0.3) is 0 Å². The number of hydrogen-bond acceptors (Lipinski definition) is 6. The molecule has 0 spiro atoms. The van der Waals surface area contributed by atoms with Crippen molar-refractivity contribution in [2.45, 2.75) is 146 Å². The minimum atomic E-state index is -1.15. The number of amides is 1. The van der Waals surface area contributed by atoms with Crippen LogP contribution in [0.2, 0.25) is 0 Å². The summed E-state index contributed by atoms with van der Waals surface area (Å²) in [5.41, 5.74) is 1.66. The zero-order chi connectivity index (χ0) is 37.5. The van der Waals surface area contributed by atoms with Gasteiger partial charge in [0.2, 0.25) is 5.91 Å². The van der Waals surface area contributed by atoms with E-state index in [0.717, 1.165) is 83.1 Å². The first kappa shape index (κ1) is 38.5. The maximum absolute atomic E-state index is 14.0. The first-order valence-electron chi connectivity index (χ1n) is 20.3. The molecule has 0 aromatic heterocycles. The summed E-state index contributed by atoms with van der Waals surface area (Å²) in [5, 5.41) is 13.3. The predicted molar refractivity (Wildman–Crippen MR) is 199 cm³/mol. The van der Waals surface area contributed by atoms with Gasteiger partial charge >= 0.3 is 11.9 Å². The Bertz CT molecular complexity index is 1470. The van der Waals surface area contributed by atoms with Crippen LogP contribution < -0.4 is 5.32 Å². The molecule has 0 aromatic carbocycles. The molecule has 4 saturated carbocycles. The van der Waals surface area contributed by atoms with E-state index < -0.39 is 17.4 Å². The van der Waals surface area contributed by atoms with Gasteiger partial charge < -0.3 is 20.1 Å². The van der Waals surface area contributed by atoms with Gasteiger partial charge in [-0.25, -0.2) is 0 Å². The molecular formula is C43H68N2O6. The fourth-order valence-electron chi connectivity index (χ4n) is 13.5. The number of carbonyl (C=O) groups excluding carboxylic acids is 3. The monoisotopic (exact) mass is 709 g/mol. The second-order valence-corrected chi connectivity index (χ2v) is 20.4. The van der Waals surface area contributed by atoms with Crippen LogP contribution in [0.1, 0.15) is 140 Å². The number of hydrogen-bond donors (Lipinski definition) is 2. The maximum atomic E-state index is 14.0. The molecule has 8 heteroatoms. The molecule has 6 rings (SSSR count). The number of allylic oxidation sites excluding steroid dienone is 2. The minimum Gasteiger partial charge on any atom is -0.481 e. The molecule has 0 unspecified atom stereocenters. The summed E-state index contributed by atoms with van der Waals surface area (Å²) in [6.07, 6.45) is 9.97. The van der Waals surface area contributed by atoms with Gasteiger partial charge in [-0.15, -0.1) is 0 Å². The van der Waals surface area contributed by atoms with E-state index in [1.807, 2.05) is 4.90 Å². The van der Waals surface area contributed by atoms with E-state index in [-0.39, 0.29) is 51.4 Å². The van der Waals surface area contributed by atoms with Crippen molar-refractivity contribution >= 4 is 23.6 Å². The van der Waals surface area contributed by atoms with Crippen molar-refractivity contribution in [1.82, 2.24) is 10.2 Å². The van der Waals surface area contributed by atoms with Crippen LogP contribution in [0.15, 0.2) is 11.1 Å². The summed E-state index contributed by atoms with van der Waals surface area (Å²) in [5.74, 6) is 1.32. The van der Waals surface area contributed by atoms with Gasteiger partial charge in [-0.1, -0.05) is 54.0 Å². The van der Waals surface area contributed by atoms with Gasteiger partial charge in [-0.05, 0) is 124 Å². The number of nitrogens with zero attached hydrogens (tertiary/aromatic N) is 1. The van der Waals surface area contributed by atoms with Gasteiger partial charge in [-0.2, -0.15) is 0 Å². The van der Waals surface area contributed by atoms with E-state index >= 15 is 0 Å². The van der Waals surface area contributed by atoms with Crippen molar-refractivity contribution in [1.29, 1.82) is 0 Å². The van der Waals surface area contributed by atoms with E-state index in [9.17, 15) is 24.3 Å². The zero-order valence-corrected chi connectivity index (χ0v) is 33.5. The Morgan fingerprint density at radius 3 is 2.25 bits per heavy atom. The van der Waals surface area contributed by atoms with Crippen LogP contribution in [0.5, 0.6) is 0 Å². The molecule has 5 aliphatic carbocycles. The number of ketones is 1. The van der Waals surface area contributed by atoms with Crippen molar-refractivity contribution in [3.05, 3.63) is 11.1 Å². The molecule has 0 aromatic rings. The number of rotatable bonds is 10. The number of carboxylic acids is 1. The van der Waals surface area contributed by atoms with Crippen molar-refractivity contribution < 1.29 is 29.0 Å². The highest BCUT2D eigenvalue weighted by molar-refractivity contribution is 6.00. The van der Waals surface area contributed by atoms with Crippen LogP contribution in [0, 0.1) is 62.1 Å². The van der Waals surface area contributed by atoms with Crippen LogP contribution in [0.25, 0.3) is 0 Å². The highest BCUT2D eigenvalue weighted by atomic mass is 16.5. The standard InChI is InChI=1S/C43H68N2O6/c1-26(2)35-30(47)21-43(19-20-44-23-28-24-45(25-28)27(3)46)18-17-41(9)29(36(35)43)11-12-32-40(8)15-14-33(51-34(48)22-38(4,5)37(49)50)39(6,7)31(40)13-16-42(32,41)10/h26,28-29,31-33,44H,11-25H2,1-10H3,(H,49,50)/t29-,31+,32-,33+,40+,41-,42-,43-/m1/s1. The molecule has 5 fully saturated rings. The number of Topliss-reactive ketones (excluding diaryl/α,β-unsaturated/α-hetero) is 1. The maximum Gasteiger partial charge on any atom is 0.309 e. The lowest BCUT2D eigenvalue weighted by Gasteiger charge is -2.72. The molecule has 1 amide bonds. The molecule has 8 atom stereocenters. The molecule has 6 aliphatic rings. The molecule has 8 nitrogen and oxygen atoms in total. The van der Waals surface area contributed by atoms with Crippen molar-refractivity contribution in [3.8, 4) is 0 Å². The quantitative estimate of drug-likeness (QED) is 0.176. The highest BCUT2D eigenvalue weighted by Crippen LogP contribution is 2.77. The van der Waals surface area contributed by atoms with Gasteiger partial charge in [0.05, 0.1) is 11.8 Å². The third kappa shape index (κ3) is 6.04. The third-order valence-electron chi connectivity index (χ3n) is 16.6. The Balaban J connectivity index is 1.21. The number of aliphatic carboxylic acids is 1. The summed E-state index contributed by atoms with van der Waals surface area (Å²) in [6.45, 7) is 25.2. The van der Waals surface area contributed by atoms with E-state index in [0.29, 0.717) is 35.9 Å². The van der Waals surface area contributed by atoms with Crippen molar-refractivity contribution in [3.63, 3.8) is 0 Å². The molecule has 1 saturated heterocycles. The lowest BCUT2D eigenvalue weighted by atomic mass is 9.33. The SMILES string of the molecule is CC(=O)N1CC(CNCC[C@@]23CC[C@]4(C)[C@H](CC[C@@H]5[C@@]6(C)CC[C@H](OC(=O)CC(C)(C)C(=O)O)C(C)(C)[C@@H]6CC[C@]54C)C2=C(C(C)C)C(=O)C3)C1. The summed E-state index contributed by atoms with van der Waals surface area (Å²) in [7, 11) is 0. The number of nitrogens with one attached hydrogen (secondary N) is 1. The normalized spacial score (nSPS) is 39.1. The minimum absolute atomic E-state index is 0.0394. The molecule has 286 valence electrons. The number of likely N-dealkylation sites (tertiary alicyclic amines) is 1. The Morgan fingerprint density at radius 1 is 0.941 bits per heavy atom. The smallest absolute Gasteiger partial charge is 0.309 e. The third-order valence-corrected chi connectivity index (χ3v) is 16.6. The predicted octanol–water partition coefficient (Wildman–Crippen LogP) is 7.84. The zero-order valence-electron chi connectivity index (χ0n) is 33.5. The second kappa shape index (κ2) is 13.0. The van der Waals surface area contributed by atoms with E-state index in [4.69, 9.17) is 4.74 Å².